The summed E-state index contributed by atoms with van der Waals surface area (Å²) in [6.07, 6.45) is 5.66. The number of hydrogen-bond acceptors (Lipinski definition) is 21. The molecule has 4 aliphatic rings. The van der Waals surface area contributed by atoms with Crippen LogP contribution in [0.5, 0.6) is 0 Å². The Morgan fingerprint density at radius 2 is 1.38 bits per heavy atom. The molecule has 5 heterocycles. The molecule has 0 spiro atoms. The first kappa shape index (κ1) is 85.0. The molecular formula is C80H97ClF4N12O11S4. The average Bonchev–Trinajstić information content (AvgIpc) is 1.61. The molecule has 3 saturated heterocycles. The lowest BCUT2D eigenvalue weighted by Gasteiger charge is -2.37. The third-order valence-electron chi connectivity index (χ3n) is 20.0. The fraction of sp³-hybridized carbons (Fsp3) is 0.438. The number of anilines is 5. The van der Waals surface area contributed by atoms with Crippen LogP contribution in [0.25, 0.3) is 22.4 Å². The van der Waals surface area contributed by atoms with Gasteiger partial charge in [0.15, 0.2) is 4.90 Å². The van der Waals surface area contributed by atoms with Crippen LogP contribution in [0, 0.1) is 12.7 Å². The van der Waals surface area contributed by atoms with Gasteiger partial charge in [0.25, 0.3) is 21.7 Å². The summed E-state index contributed by atoms with van der Waals surface area (Å²) < 4.78 is 122. The number of imide groups is 2. The second-order valence-corrected chi connectivity index (χ2v) is 33.8. The molecule has 0 saturated carbocycles. The molecule has 23 nitrogen and oxygen atoms in total. The van der Waals surface area contributed by atoms with Crippen molar-refractivity contribution in [1.82, 2.24) is 35.6 Å². The maximum atomic E-state index is 15.9. The normalized spacial score (nSPS) is 16.5. The first-order chi connectivity index (χ1) is 53.9. The molecule has 7 N–H and O–H groups in total. The number of sulfone groups is 1. The van der Waals surface area contributed by atoms with Gasteiger partial charge >= 0.3 is 5.51 Å². The van der Waals surface area contributed by atoms with Crippen LogP contribution >= 0.6 is 35.3 Å². The lowest BCUT2D eigenvalue weighted by molar-refractivity contribution is -0.136. The standard InChI is InChI=1S/C80H97ClF4N12O11S4/c1-53(2)96-54(3)76(111(4)103)74(75(96)55-12-14-57(81)15-13-55)56-46-58(82)48-64(47-56)95-38-36-94(37-39-95)63-19-16-60(17-20-63)92-110-66-21-23-69(71(50-66)112(104,105)80(83,84)85)90-62(52-109-65-10-6-5-7-11-65)28-35-93-33-26-59(27-34-93)87-32-41-107-43-45-108-44-42-106-40-31-86-29-8-9-30-88-73(99)51-89-61-18-22-67-68(49-61)79(102)97(78(67)101)70-24-25-72(98)91-77(70)100/h5-7,10-23,46-50,53,59,62,70,86-87,89-90,92H,8-9,24-45,51-52H2,1-4H3,(H,88,99)(H,91,98,100)/t62-,70?,111?/m1/s1. The zero-order chi connectivity index (χ0) is 79.5. The van der Waals surface area contributed by atoms with Crippen molar-refractivity contribution in [3.8, 4) is 22.4 Å². The van der Waals surface area contributed by atoms with E-state index >= 15 is 4.39 Å². The molecule has 4 aliphatic heterocycles. The topological polar surface area (TPSA) is 272 Å². The fourth-order valence-electron chi connectivity index (χ4n) is 14.3. The van der Waals surface area contributed by atoms with Crippen molar-refractivity contribution in [2.75, 3.05) is 155 Å². The van der Waals surface area contributed by atoms with Crippen molar-refractivity contribution in [3.63, 3.8) is 0 Å². The van der Waals surface area contributed by atoms with Gasteiger partial charge in [-0.05, 0) is 216 Å². The number of likely N-dealkylation sites (tertiary alicyclic amines) is 1. The zero-order valence-electron chi connectivity index (χ0n) is 63.1. The Bertz CT molecular complexity index is 4480. The van der Waals surface area contributed by atoms with E-state index in [-0.39, 0.29) is 59.1 Å². The number of benzene rings is 6. The van der Waals surface area contributed by atoms with Crippen molar-refractivity contribution in [1.29, 1.82) is 0 Å². The summed E-state index contributed by atoms with van der Waals surface area (Å²) in [6, 6.07) is 37.3. The summed E-state index contributed by atoms with van der Waals surface area (Å²) in [5.41, 5.74) is 1.29. The molecule has 0 aliphatic carbocycles. The van der Waals surface area contributed by atoms with Gasteiger partial charge in [-0.1, -0.05) is 41.9 Å². The predicted octanol–water partition coefficient (Wildman–Crippen LogP) is 12.0. The number of unbranched alkanes of at least 4 members (excludes halogenated alkanes) is 1. The Kier molecular flexibility index (Phi) is 30.6. The SMILES string of the molecule is Cc1c([S+](C)[O-])c(-c2cc(F)cc(N3CCN(c4ccc(NSc5ccc(N[C@H](CCN6CCC(NCCOCCOCCOCCNCCCCNC(=O)CNc7ccc8c(c7)C(=O)N(C7CCC(=O)NC7=O)C8=O)CC6)CSc6ccccc6)c(S(=O)(=O)C(F)(F)F)c5)cc4)CC3)c2)c(-c2ccc(Cl)cc2)n1C(C)C. The van der Waals surface area contributed by atoms with Gasteiger partial charge in [-0.15, -0.1) is 11.8 Å². The van der Waals surface area contributed by atoms with Crippen LogP contribution in [-0.2, 0) is 49.6 Å². The number of halogens is 5. The zero-order valence-corrected chi connectivity index (χ0v) is 67.2. The smallest absolute Gasteiger partial charge is 0.501 e. The molecule has 5 amide bonds. The monoisotopic (exact) mass is 1640 g/mol. The number of thioether (sulfide) groups is 1. The van der Waals surface area contributed by atoms with Gasteiger partial charge in [0, 0.05) is 120 Å². The number of piperidine rings is 2. The predicted molar refractivity (Wildman–Crippen MR) is 434 cm³/mol. The number of piperazine rings is 1. The highest BCUT2D eigenvalue weighted by molar-refractivity contribution is 8.00. The van der Waals surface area contributed by atoms with Crippen LogP contribution < -0.4 is 46.4 Å². The van der Waals surface area contributed by atoms with Crippen molar-refractivity contribution in [2.45, 2.75) is 115 Å². The minimum atomic E-state index is -5.80. The van der Waals surface area contributed by atoms with E-state index in [9.17, 15) is 50.1 Å². The van der Waals surface area contributed by atoms with Crippen LogP contribution in [0.15, 0.2) is 153 Å². The molecule has 6 aromatic carbocycles. The van der Waals surface area contributed by atoms with Gasteiger partial charge in [-0.25, -0.2) is 12.8 Å². The van der Waals surface area contributed by atoms with Crippen LogP contribution in [-0.4, -0.2) is 211 Å². The van der Waals surface area contributed by atoms with Gasteiger partial charge in [0.2, 0.25) is 17.7 Å². The minimum Gasteiger partial charge on any atom is -0.612 e. The van der Waals surface area contributed by atoms with Crippen molar-refractivity contribution >= 4 is 114 Å². The van der Waals surface area contributed by atoms with Crippen LogP contribution in [0.4, 0.5) is 46.0 Å². The molecule has 112 heavy (non-hydrogen) atoms. The van der Waals surface area contributed by atoms with Crippen molar-refractivity contribution in [2.24, 2.45) is 0 Å². The number of ether oxygens (including phenoxy) is 3. The number of nitrogens with zero attached hydrogens (tertiary/aromatic N) is 5. The summed E-state index contributed by atoms with van der Waals surface area (Å²) in [5, 5.41) is 18.8. The molecule has 11 rings (SSSR count). The number of fused-ring (bicyclic) bond motifs is 1. The molecule has 32 heteroatoms. The van der Waals surface area contributed by atoms with E-state index in [1.54, 1.807) is 30.2 Å². The highest BCUT2D eigenvalue weighted by atomic mass is 35.5. The number of aromatic nitrogens is 1. The Morgan fingerprint density at radius 3 is 2.06 bits per heavy atom. The third-order valence-corrected chi connectivity index (χ3v) is 24.8. The highest BCUT2D eigenvalue weighted by Crippen LogP contribution is 2.45. The number of hydrogen-bond donors (Lipinski definition) is 7. The van der Waals surface area contributed by atoms with Gasteiger partial charge < -0.3 is 69.3 Å². The second-order valence-electron chi connectivity index (χ2n) is 28.1. The molecule has 602 valence electrons. The Balaban J connectivity index is 0.559. The number of carbonyl (C=O) groups is 5. The molecule has 1 aromatic heterocycles. The summed E-state index contributed by atoms with van der Waals surface area (Å²) in [5.74, 6) is -2.53. The first-order valence-corrected chi connectivity index (χ1v) is 43.0. The Morgan fingerprint density at radius 1 is 0.723 bits per heavy atom. The largest absolute Gasteiger partial charge is 0.612 e. The van der Waals surface area contributed by atoms with Gasteiger partial charge in [0.05, 0.1) is 80.0 Å². The number of alkyl halides is 3. The molecule has 7 aromatic rings. The quantitative estimate of drug-likeness (QED) is 0.00470. The van der Waals surface area contributed by atoms with Crippen LogP contribution in [0.3, 0.4) is 0 Å². The summed E-state index contributed by atoms with van der Waals surface area (Å²) in [4.78, 5) is 71.1. The summed E-state index contributed by atoms with van der Waals surface area (Å²) >= 11 is 7.47. The van der Waals surface area contributed by atoms with E-state index in [2.05, 4.69) is 69.7 Å². The average molecular weight is 1640 g/mol. The van der Waals surface area contributed by atoms with Crippen LogP contribution in [0.2, 0.25) is 5.02 Å². The maximum Gasteiger partial charge on any atom is 0.501 e. The van der Waals surface area contributed by atoms with Gasteiger partial charge in [-0.2, -0.15) is 13.2 Å². The number of carbonyl (C=O) groups excluding carboxylic acids is 5. The van der Waals surface area contributed by atoms with E-state index in [0.29, 0.717) is 137 Å². The summed E-state index contributed by atoms with van der Waals surface area (Å²) in [6.45, 7) is 16.1. The van der Waals surface area contributed by atoms with E-state index in [1.807, 2.05) is 91.9 Å². The molecule has 3 fully saturated rings. The minimum absolute atomic E-state index is 0.0164. The first-order valence-electron chi connectivity index (χ1n) is 37.7. The van der Waals surface area contributed by atoms with Crippen LogP contribution in [0.1, 0.15) is 91.2 Å². The van der Waals surface area contributed by atoms with Gasteiger partial charge in [-0.3, -0.25) is 34.2 Å². The molecular weight excluding hydrogens is 1540 g/mol. The molecule has 2 unspecified atom stereocenters. The van der Waals surface area contributed by atoms with Crippen molar-refractivity contribution in [3.05, 3.63) is 161 Å². The maximum absolute atomic E-state index is 15.9. The molecule has 3 atom stereocenters. The highest BCUT2D eigenvalue weighted by Gasteiger charge is 2.49. The van der Waals surface area contributed by atoms with Gasteiger partial charge in [0.1, 0.15) is 23.0 Å². The van der Waals surface area contributed by atoms with E-state index < -0.39 is 72.9 Å². The van der Waals surface area contributed by atoms with E-state index in [0.717, 1.165) is 101 Å². The lowest BCUT2D eigenvalue weighted by Crippen LogP contribution is -2.54. The number of nitrogens with one attached hydrogen (secondary N) is 7. The number of amides is 5. The van der Waals surface area contributed by atoms with E-state index in [1.165, 1.54) is 30.3 Å². The summed E-state index contributed by atoms with van der Waals surface area (Å²) in [7, 11) is -5.80. The Hall–Kier alpha value is -7.92. The lowest BCUT2D eigenvalue weighted by atomic mass is 9.99. The third kappa shape index (κ3) is 22.5. The number of rotatable bonds is 40. The molecule has 0 bridgehead atoms. The fourth-order valence-corrected chi connectivity index (χ4v) is 18.1. The molecule has 0 radical (unpaired) electrons. The van der Waals surface area contributed by atoms with Crippen molar-refractivity contribution < 1.29 is 68.7 Å². The Labute approximate surface area is 668 Å². The second kappa shape index (κ2) is 40.4. The van der Waals surface area contributed by atoms with E-state index in [4.69, 9.17) is 25.8 Å².